The number of rotatable bonds is 6. The molecule has 110 valence electrons. The number of aliphatic hydroxyl groups excluding tert-OH is 1. The number of benzene rings is 1. The molecule has 1 aliphatic carbocycles. The van der Waals surface area contributed by atoms with Crippen molar-refractivity contribution in [3.05, 3.63) is 28.8 Å². The Morgan fingerprint density at radius 3 is 2.80 bits per heavy atom. The van der Waals surface area contributed by atoms with Crippen LogP contribution < -0.4 is 4.74 Å². The second-order valence-corrected chi connectivity index (χ2v) is 5.56. The molecule has 0 aromatic heterocycles. The van der Waals surface area contributed by atoms with Crippen LogP contribution in [0.2, 0.25) is 5.02 Å². The van der Waals surface area contributed by atoms with Gasteiger partial charge < -0.3 is 14.7 Å². The van der Waals surface area contributed by atoms with Gasteiger partial charge in [0.25, 0.3) is 5.91 Å². The van der Waals surface area contributed by atoms with E-state index >= 15 is 0 Å². The minimum atomic E-state index is -0.567. The summed E-state index contributed by atoms with van der Waals surface area (Å²) in [6, 6.07) is 5.61. The van der Waals surface area contributed by atoms with Gasteiger partial charge in [-0.2, -0.15) is 0 Å². The van der Waals surface area contributed by atoms with Gasteiger partial charge in [-0.15, -0.1) is 0 Å². The first kappa shape index (κ1) is 15.1. The van der Waals surface area contributed by atoms with E-state index in [-0.39, 0.29) is 18.6 Å². The number of halogens is 1. The van der Waals surface area contributed by atoms with Gasteiger partial charge in [0.15, 0.2) is 6.10 Å². The molecule has 1 N–H and O–H groups in total. The summed E-state index contributed by atoms with van der Waals surface area (Å²) in [5.74, 6) is 0.557. The normalized spacial score (nSPS) is 15.8. The van der Waals surface area contributed by atoms with Crippen LogP contribution in [0.25, 0.3) is 0 Å². The number of amides is 1. The molecule has 2 rings (SSSR count). The van der Waals surface area contributed by atoms with Crippen LogP contribution >= 0.6 is 11.6 Å². The highest BCUT2D eigenvalue weighted by Gasteiger charge is 2.34. The number of ether oxygens (including phenoxy) is 1. The molecular weight excluding hydrogens is 278 g/mol. The Morgan fingerprint density at radius 2 is 2.25 bits per heavy atom. The number of aliphatic hydroxyl groups is 1. The van der Waals surface area contributed by atoms with Crippen LogP contribution in [0.15, 0.2) is 18.2 Å². The fourth-order valence-corrected chi connectivity index (χ4v) is 2.26. The Kier molecular flexibility index (Phi) is 4.89. The molecule has 1 saturated carbocycles. The van der Waals surface area contributed by atoms with E-state index in [0.717, 1.165) is 18.4 Å². The fraction of sp³-hybridized carbons (Fsp3) is 0.533. The number of hydrogen-bond donors (Lipinski definition) is 1. The summed E-state index contributed by atoms with van der Waals surface area (Å²) in [6.07, 6.45) is 1.46. The van der Waals surface area contributed by atoms with Crippen molar-refractivity contribution in [2.75, 3.05) is 13.2 Å². The van der Waals surface area contributed by atoms with E-state index in [1.165, 1.54) is 0 Å². The van der Waals surface area contributed by atoms with Gasteiger partial charge in [0, 0.05) is 17.6 Å². The Labute approximate surface area is 124 Å². The minimum Gasteiger partial charge on any atom is -0.481 e. The smallest absolute Gasteiger partial charge is 0.263 e. The molecule has 1 aliphatic rings. The lowest BCUT2D eigenvalue weighted by atomic mass is 10.2. The third kappa shape index (κ3) is 3.64. The van der Waals surface area contributed by atoms with Gasteiger partial charge in [-0.1, -0.05) is 11.6 Å². The number of carbonyl (C=O) groups is 1. The predicted molar refractivity (Wildman–Crippen MR) is 78.1 cm³/mol. The van der Waals surface area contributed by atoms with E-state index in [1.807, 2.05) is 13.0 Å². The van der Waals surface area contributed by atoms with E-state index in [2.05, 4.69) is 0 Å². The summed E-state index contributed by atoms with van der Waals surface area (Å²) in [5.41, 5.74) is 0.915. The van der Waals surface area contributed by atoms with Gasteiger partial charge in [0.05, 0.1) is 6.61 Å². The van der Waals surface area contributed by atoms with Gasteiger partial charge >= 0.3 is 0 Å². The topological polar surface area (TPSA) is 49.8 Å². The van der Waals surface area contributed by atoms with Crippen molar-refractivity contribution in [3.63, 3.8) is 0 Å². The molecule has 4 nitrogen and oxygen atoms in total. The van der Waals surface area contributed by atoms with Crippen LogP contribution in [0, 0.1) is 6.92 Å². The highest BCUT2D eigenvalue weighted by molar-refractivity contribution is 6.31. The zero-order chi connectivity index (χ0) is 14.7. The molecule has 1 aromatic rings. The lowest BCUT2D eigenvalue weighted by Crippen LogP contribution is -2.43. The lowest BCUT2D eigenvalue weighted by Gasteiger charge is -2.25. The first-order valence-electron chi connectivity index (χ1n) is 6.87. The Balaban J connectivity index is 2.00. The largest absolute Gasteiger partial charge is 0.481 e. The molecule has 0 aliphatic heterocycles. The molecular formula is C15H20ClNO3. The van der Waals surface area contributed by atoms with Gasteiger partial charge in [-0.25, -0.2) is 0 Å². The first-order valence-corrected chi connectivity index (χ1v) is 7.25. The zero-order valence-electron chi connectivity index (χ0n) is 11.8. The van der Waals surface area contributed by atoms with Gasteiger partial charge in [-0.3, -0.25) is 4.79 Å². The third-order valence-corrected chi connectivity index (χ3v) is 3.83. The van der Waals surface area contributed by atoms with Crippen molar-refractivity contribution in [2.24, 2.45) is 0 Å². The van der Waals surface area contributed by atoms with Crippen LogP contribution in [-0.4, -0.2) is 41.2 Å². The third-order valence-electron chi connectivity index (χ3n) is 3.40. The number of hydrogen-bond acceptors (Lipinski definition) is 3. The van der Waals surface area contributed by atoms with E-state index in [9.17, 15) is 4.79 Å². The molecule has 1 amide bonds. The maximum Gasteiger partial charge on any atom is 0.263 e. The predicted octanol–water partition coefficient (Wildman–Crippen LogP) is 2.40. The Bertz CT molecular complexity index is 488. The van der Waals surface area contributed by atoms with Crippen molar-refractivity contribution >= 4 is 17.5 Å². The summed E-state index contributed by atoms with van der Waals surface area (Å²) < 4.78 is 5.69. The summed E-state index contributed by atoms with van der Waals surface area (Å²) in [7, 11) is 0. The fourth-order valence-electron chi connectivity index (χ4n) is 2.15. The number of nitrogens with zero attached hydrogens (tertiary/aromatic N) is 1. The maximum atomic E-state index is 12.3. The molecule has 5 heteroatoms. The first-order chi connectivity index (χ1) is 9.52. The van der Waals surface area contributed by atoms with Crippen LogP contribution in [0.3, 0.4) is 0 Å². The van der Waals surface area contributed by atoms with Crippen molar-refractivity contribution in [1.82, 2.24) is 4.90 Å². The molecule has 1 atom stereocenters. The summed E-state index contributed by atoms with van der Waals surface area (Å²) in [4.78, 5) is 14.1. The van der Waals surface area contributed by atoms with Gasteiger partial charge in [0.2, 0.25) is 0 Å². The lowest BCUT2D eigenvalue weighted by molar-refractivity contribution is -0.139. The second kappa shape index (κ2) is 6.46. The molecule has 1 aromatic carbocycles. The van der Waals surface area contributed by atoms with Crippen LogP contribution in [0.1, 0.15) is 25.3 Å². The molecule has 0 bridgehead atoms. The molecule has 20 heavy (non-hydrogen) atoms. The van der Waals surface area contributed by atoms with E-state index in [0.29, 0.717) is 17.3 Å². The van der Waals surface area contributed by atoms with E-state index in [4.69, 9.17) is 21.4 Å². The summed E-state index contributed by atoms with van der Waals surface area (Å²) >= 11 is 5.96. The highest BCUT2D eigenvalue weighted by atomic mass is 35.5. The minimum absolute atomic E-state index is 0.0188. The van der Waals surface area contributed by atoms with Gasteiger partial charge in [-0.05, 0) is 50.5 Å². The van der Waals surface area contributed by atoms with E-state index in [1.54, 1.807) is 24.0 Å². The summed E-state index contributed by atoms with van der Waals surface area (Å²) in [5, 5.41) is 9.73. The van der Waals surface area contributed by atoms with Crippen LogP contribution in [0.4, 0.5) is 0 Å². The second-order valence-electron chi connectivity index (χ2n) is 5.16. The average molecular weight is 298 g/mol. The number of carbonyl (C=O) groups excluding carboxylic acids is 1. The van der Waals surface area contributed by atoms with Crippen molar-refractivity contribution in [3.8, 4) is 5.75 Å². The van der Waals surface area contributed by atoms with E-state index < -0.39 is 6.10 Å². The van der Waals surface area contributed by atoms with Crippen LogP contribution in [0.5, 0.6) is 5.75 Å². The maximum absolute atomic E-state index is 12.3. The summed E-state index contributed by atoms with van der Waals surface area (Å²) in [6.45, 7) is 3.98. The van der Waals surface area contributed by atoms with Crippen LogP contribution in [-0.2, 0) is 4.79 Å². The molecule has 0 saturated heterocycles. The molecule has 0 radical (unpaired) electrons. The Morgan fingerprint density at radius 1 is 1.55 bits per heavy atom. The molecule has 0 spiro atoms. The SMILES string of the molecule is Cc1cc(OC(C)C(=O)N(CCO)C2CC2)ccc1Cl. The zero-order valence-corrected chi connectivity index (χ0v) is 12.6. The number of aryl methyl sites for hydroxylation is 1. The molecule has 1 fully saturated rings. The quantitative estimate of drug-likeness (QED) is 0.877. The van der Waals surface area contributed by atoms with Crippen molar-refractivity contribution < 1.29 is 14.6 Å². The highest BCUT2D eigenvalue weighted by Crippen LogP contribution is 2.28. The van der Waals surface area contributed by atoms with Crippen molar-refractivity contribution in [1.29, 1.82) is 0 Å². The standard InChI is InChI=1S/C15H20ClNO3/c1-10-9-13(5-6-14(10)16)20-11(2)15(19)17(7-8-18)12-3-4-12/h5-6,9,11-12,18H,3-4,7-8H2,1-2H3. The molecule has 0 heterocycles. The monoisotopic (exact) mass is 297 g/mol. The van der Waals surface area contributed by atoms with Crippen molar-refractivity contribution in [2.45, 2.75) is 38.8 Å². The Hall–Kier alpha value is -1.26. The average Bonchev–Trinajstić information content (AvgIpc) is 3.24. The van der Waals surface area contributed by atoms with Gasteiger partial charge in [0.1, 0.15) is 5.75 Å². The molecule has 1 unspecified atom stereocenters.